The van der Waals surface area contributed by atoms with Crippen molar-refractivity contribution in [2.75, 3.05) is 38.4 Å². The molecule has 1 N–H and O–H groups in total. The van der Waals surface area contributed by atoms with Gasteiger partial charge in [0.15, 0.2) is 0 Å². The predicted octanol–water partition coefficient (Wildman–Crippen LogP) is -0.464. The molecule has 3 rings (SSSR count). The molecule has 1 unspecified atom stereocenters. The van der Waals surface area contributed by atoms with E-state index in [1.54, 1.807) is 4.90 Å². The number of halogens is 1. The van der Waals surface area contributed by atoms with Gasteiger partial charge in [-0.05, 0) is 0 Å². The van der Waals surface area contributed by atoms with Crippen molar-refractivity contribution < 1.29 is 23.2 Å². The maximum absolute atomic E-state index is 11.1. The van der Waals surface area contributed by atoms with Crippen molar-refractivity contribution in [2.45, 2.75) is 6.04 Å². The number of hydrogen-bond donors (Lipinski definition) is 1. The van der Waals surface area contributed by atoms with Gasteiger partial charge in [-0.3, -0.25) is 9.69 Å². The molecule has 6 nitrogen and oxygen atoms in total. The largest absolute Gasteiger partial charge is 0.516 e. The molecule has 0 aromatic heterocycles. The maximum atomic E-state index is 11.1. The fourth-order valence-electron chi connectivity index (χ4n) is 1.84. The molecule has 16 heavy (non-hydrogen) atoms. The van der Waals surface area contributed by atoms with Gasteiger partial charge in [-0.1, -0.05) is 0 Å². The van der Waals surface area contributed by atoms with Crippen LogP contribution < -0.4 is 0 Å². The lowest BCUT2D eigenvalue weighted by atomic mass is 10.2. The fraction of sp³-hybridized carbons (Fsp3) is 0.875. The third kappa shape index (κ3) is 2.39. The maximum Gasteiger partial charge on any atom is 0.516 e. The van der Waals surface area contributed by atoms with Crippen molar-refractivity contribution in [1.29, 1.82) is 0 Å². The SMILES string of the molecule is O=C(O)C1CO[Si]2(CCl)OCCN1CCO2. The quantitative estimate of drug-likeness (QED) is 0.539. The van der Waals surface area contributed by atoms with Gasteiger partial charge in [0.2, 0.25) is 0 Å². The number of carboxylic acids is 1. The number of carbonyl (C=O) groups is 1. The Bertz CT molecular complexity index is 269. The molecule has 2 bridgehead atoms. The zero-order chi connectivity index (χ0) is 11.6. The number of rotatable bonds is 2. The highest BCUT2D eigenvalue weighted by molar-refractivity contribution is 6.69. The summed E-state index contributed by atoms with van der Waals surface area (Å²) < 4.78 is 16.6. The smallest absolute Gasteiger partial charge is 0.480 e. The minimum absolute atomic E-state index is 0.0777. The first-order chi connectivity index (χ1) is 7.67. The number of carboxylic acid groups (broad SMARTS) is 1. The molecule has 0 aromatic carbocycles. The van der Waals surface area contributed by atoms with Crippen LogP contribution in [0.2, 0.25) is 0 Å². The van der Waals surface area contributed by atoms with Gasteiger partial charge in [-0.25, -0.2) is 0 Å². The van der Waals surface area contributed by atoms with Crippen molar-refractivity contribution in [3.05, 3.63) is 0 Å². The first kappa shape index (κ1) is 12.3. The molecule has 3 heterocycles. The van der Waals surface area contributed by atoms with Crippen LogP contribution in [-0.2, 0) is 18.1 Å². The summed E-state index contributed by atoms with van der Waals surface area (Å²) in [5.41, 5.74) is 0.166. The van der Waals surface area contributed by atoms with Gasteiger partial charge < -0.3 is 18.4 Å². The monoisotopic (exact) mass is 267 g/mol. The molecule has 0 spiro atoms. The first-order valence-corrected chi connectivity index (χ1v) is 7.58. The zero-order valence-electron chi connectivity index (χ0n) is 8.73. The van der Waals surface area contributed by atoms with E-state index >= 15 is 0 Å². The predicted molar refractivity (Wildman–Crippen MR) is 57.3 cm³/mol. The first-order valence-electron chi connectivity index (χ1n) is 5.11. The topological polar surface area (TPSA) is 68.2 Å². The van der Waals surface area contributed by atoms with E-state index in [2.05, 4.69) is 0 Å². The van der Waals surface area contributed by atoms with E-state index in [1.165, 1.54) is 0 Å². The van der Waals surface area contributed by atoms with Gasteiger partial charge in [0, 0.05) is 13.1 Å². The van der Waals surface area contributed by atoms with Crippen LogP contribution in [-0.4, -0.2) is 69.2 Å². The van der Waals surface area contributed by atoms with Crippen LogP contribution in [0, 0.1) is 0 Å². The summed E-state index contributed by atoms with van der Waals surface area (Å²) in [6, 6.07) is -0.622. The van der Waals surface area contributed by atoms with Crippen LogP contribution in [0.3, 0.4) is 0 Å². The van der Waals surface area contributed by atoms with E-state index in [1.807, 2.05) is 0 Å². The lowest BCUT2D eigenvalue weighted by Crippen LogP contribution is -2.60. The standard InChI is InChI=1S/C8H14ClNO5Si/c9-6-16-13-3-1-10(2-4-14-16)7(5-15-16)8(11)12/h7H,1-6H2,(H,11,12). The normalized spacial score (nSPS) is 39.8. The number of alkyl halides is 1. The number of hydrogen-bond acceptors (Lipinski definition) is 5. The minimum Gasteiger partial charge on any atom is -0.480 e. The Labute approximate surface area is 99.4 Å². The van der Waals surface area contributed by atoms with Crippen LogP contribution in [0.4, 0.5) is 0 Å². The Morgan fingerprint density at radius 3 is 2.50 bits per heavy atom. The molecular weight excluding hydrogens is 254 g/mol. The summed E-state index contributed by atoms with van der Waals surface area (Å²) in [4.78, 5) is 12.9. The van der Waals surface area contributed by atoms with Gasteiger partial charge in [-0.2, -0.15) is 0 Å². The van der Waals surface area contributed by atoms with Gasteiger partial charge in [0.25, 0.3) is 0 Å². The molecule has 3 aliphatic rings. The summed E-state index contributed by atoms with van der Waals surface area (Å²) in [5.74, 6) is -0.874. The number of nitrogens with zero attached hydrogens (tertiary/aromatic N) is 1. The van der Waals surface area contributed by atoms with Gasteiger partial charge >= 0.3 is 14.8 Å². The van der Waals surface area contributed by atoms with Crippen molar-refractivity contribution in [1.82, 2.24) is 4.90 Å². The van der Waals surface area contributed by atoms with Gasteiger partial charge in [0.05, 0.1) is 25.3 Å². The van der Waals surface area contributed by atoms with Crippen molar-refractivity contribution in [3.63, 3.8) is 0 Å². The zero-order valence-corrected chi connectivity index (χ0v) is 10.5. The molecule has 8 heteroatoms. The van der Waals surface area contributed by atoms with E-state index in [0.717, 1.165) is 0 Å². The average molecular weight is 268 g/mol. The van der Waals surface area contributed by atoms with E-state index in [9.17, 15) is 4.79 Å². The molecule has 0 radical (unpaired) electrons. The molecule has 1 atom stereocenters. The molecule has 0 amide bonds. The summed E-state index contributed by atoms with van der Waals surface area (Å²) in [5, 5.41) is 9.10. The Kier molecular flexibility index (Phi) is 3.83. The molecular formula is C8H14ClNO5Si. The molecule has 0 saturated carbocycles. The number of aliphatic carboxylic acids is 1. The second-order valence-corrected chi connectivity index (χ2v) is 7.02. The van der Waals surface area contributed by atoms with Gasteiger partial charge in [0.1, 0.15) is 6.04 Å². The van der Waals surface area contributed by atoms with E-state index in [-0.39, 0.29) is 12.1 Å². The number of fused-ring (bicyclic) bond motifs is 6. The minimum atomic E-state index is -2.81. The summed E-state index contributed by atoms with van der Waals surface area (Å²) >= 11 is 5.81. The second-order valence-electron chi connectivity index (χ2n) is 3.71. The molecule has 3 fully saturated rings. The van der Waals surface area contributed by atoms with E-state index in [0.29, 0.717) is 26.3 Å². The van der Waals surface area contributed by atoms with Crippen LogP contribution in [0.25, 0.3) is 0 Å². The molecule has 0 aliphatic carbocycles. The van der Waals surface area contributed by atoms with Crippen molar-refractivity contribution >= 4 is 26.4 Å². The fourth-order valence-corrected chi connectivity index (χ4v) is 4.23. The highest BCUT2D eigenvalue weighted by Gasteiger charge is 2.46. The van der Waals surface area contributed by atoms with E-state index < -0.39 is 20.8 Å². The summed E-state index contributed by atoms with van der Waals surface area (Å²) in [6.07, 6.45) is 0. The molecule has 3 aliphatic heterocycles. The highest BCUT2D eigenvalue weighted by atomic mass is 35.5. The highest BCUT2D eigenvalue weighted by Crippen LogP contribution is 2.19. The lowest BCUT2D eigenvalue weighted by molar-refractivity contribution is -0.148. The lowest BCUT2D eigenvalue weighted by Gasteiger charge is -2.40. The van der Waals surface area contributed by atoms with Crippen molar-refractivity contribution in [3.8, 4) is 0 Å². The molecule has 0 aromatic rings. The average Bonchev–Trinajstić information content (AvgIpc) is 2.15. The molecule has 3 saturated heterocycles. The Hall–Kier alpha value is -0.183. The van der Waals surface area contributed by atoms with Gasteiger partial charge in [-0.15, -0.1) is 11.6 Å². The Morgan fingerprint density at radius 1 is 1.38 bits per heavy atom. The third-order valence-electron chi connectivity index (χ3n) is 2.75. The van der Waals surface area contributed by atoms with Crippen LogP contribution in [0.5, 0.6) is 0 Å². The third-order valence-corrected chi connectivity index (χ3v) is 5.96. The Morgan fingerprint density at radius 2 is 2.00 bits per heavy atom. The Balaban J connectivity index is 2.17. The summed E-state index contributed by atoms with van der Waals surface area (Å²) in [6.45, 7) is 2.05. The second kappa shape index (κ2) is 4.99. The van der Waals surface area contributed by atoms with Crippen LogP contribution >= 0.6 is 11.6 Å². The molecule has 92 valence electrons. The van der Waals surface area contributed by atoms with Crippen molar-refractivity contribution in [2.24, 2.45) is 0 Å². The van der Waals surface area contributed by atoms with E-state index in [4.69, 9.17) is 30.0 Å². The summed E-state index contributed by atoms with van der Waals surface area (Å²) in [7, 11) is -2.81. The van der Waals surface area contributed by atoms with Crippen LogP contribution in [0.1, 0.15) is 0 Å². The van der Waals surface area contributed by atoms with Crippen LogP contribution in [0.15, 0.2) is 0 Å².